The first-order valence-electron chi connectivity index (χ1n) is 11.3. The minimum absolute atomic E-state index is 0.196. The third-order valence-corrected chi connectivity index (χ3v) is 7.21. The molecule has 172 valence electrons. The molecule has 1 atom stereocenters. The molecule has 2 aromatic carbocycles. The fourth-order valence-electron chi connectivity index (χ4n) is 4.28. The van der Waals surface area contributed by atoms with Gasteiger partial charge < -0.3 is 10.2 Å². The number of thiophene rings is 1. The van der Waals surface area contributed by atoms with Crippen molar-refractivity contribution in [1.82, 2.24) is 20.0 Å². The summed E-state index contributed by atoms with van der Waals surface area (Å²) in [5, 5.41) is 9.73. The van der Waals surface area contributed by atoms with Crippen molar-refractivity contribution in [1.29, 1.82) is 0 Å². The number of hydrogen-bond acceptors (Lipinski definition) is 4. The average Bonchev–Trinajstić information content (AvgIpc) is 3.52. The van der Waals surface area contributed by atoms with Crippen LogP contribution in [0.2, 0.25) is 0 Å². The van der Waals surface area contributed by atoms with Gasteiger partial charge >= 0.3 is 0 Å². The molecule has 4 aromatic rings. The fraction of sp³-hybridized carbons (Fsp3) is 0.222. The summed E-state index contributed by atoms with van der Waals surface area (Å²) in [7, 11) is 0. The predicted molar refractivity (Wildman–Crippen MR) is 133 cm³/mol. The monoisotopic (exact) mass is 470 g/mol. The lowest BCUT2D eigenvalue weighted by Crippen LogP contribution is -2.63. The first-order chi connectivity index (χ1) is 16.4. The summed E-state index contributed by atoms with van der Waals surface area (Å²) in [6.07, 6.45) is 0. The number of carbonyl (C=O) groups excluding carboxylic acids is 2. The van der Waals surface area contributed by atoms with Crippen LogP contribution in [0.4, 0.5) is 0 Å². The molecule has 3 heterocycles. The summed E-state index contributed by atoms with van der Waals surface area (Å²) in [5.41, 5.74) is 3.31. The van der Waals surface area contributed by atoms with E-state index >= 15 is 0 Å². The van der Waals surface area contributed by atoms with Gasteiger partial charge in [0.25, 0.3) is 5.91 Å². The lowest BCUT2D eigenvalue weighted by molar-refractivity contribution is -0.133. The number of hydrogen-bond donors (Lipinski definition) is 1. The highest BCUT2D eigenvalue weighted by atomic mass is 32.1. The van der Waals surface area contributed by atoms with Gasteiger partial charge in [-0.3, -0.25) is 14.3 Å². The third-order valence-electron chi connectivity index (χ3n) is 6.32. The van der Waals surface area contributed by atoms with Crippen LogP contribution in [0.25, 0.3) is 10.6 Å². The summed E-state index contributed by atoms with van der Waals surface area (Å²) in [5.74, 6) is -0.394. The van der Waals surface area contributed by atoms with Gasteiger partial charge in [-0.15, -0.1) is 11.3 Å². The zero-order valence-electron chi connectivity index (χ0n) is 19.2. The van der Waals surface area contributed by atoms with Gasteiger partial charge in [-0.1, -0.05) is 66.2 Å². The standard InChI is InChI=1S/C27H26N4O2S/c1-19-10-12-20(13-11-19)16-28-26(33)27(2)18-31-23(15-22(29-31)24-9-6-14-34-24)25(32)30(27)17-21-7-4-3-5-8-21/h3-15H,16-18H2,1-2H3,(H,28,33)/t27-/m1/s1. The average molecular weight is 471 g/mol. The predicted octanol–water partition coefficient (Wildman–Crippen LogP) is 4.65. The maximum Gasteiger partial charge on any atom is 0.273 e. The van der Waals surface area contributed by atoms with Crippen LogP contribution in [0.1, 0.15) is 34.1 Å². The van der Waals surface area contributed by atoms with Crippen LogP contribution in [0, 0.1) is 6.92 Å². The molecule has 6 nitrogen and oxygen atoms in total. The smallest absolute Gasteiger partial charge is 0.273 e. The van der Waals surface area contributed by atoms with E-state index in [4.69, 9.17) is 5.10 Å². The molecule has 0 fully saturated rings. The Morgan fingerprint density at radius 3 is 2.53 bits per heavy atom. The van der Waals surface area contributed by atoms with Gasteiger partial charge in [-0.25, -0.2) is 0 Å². The van der Waals surface area contributed by atoms with E-state index < -0.39 is 5.54 Å². The van der Waals surface area contributed by atoms with E-state index in [9.17, 15) is 9.59 Å². The molecule has 0 saturated heterocycles. The molecule has 7 heteroatoms. The van der Waals surface area contributed by atoms with Gasteiger partial charge in [0.05, 0.1) is 11.4 Å². The van der Waals surface area contributed by atoms with E-state index in [2.05, 4.69) is 5.32 Å². The Labute approximate surface area is 202 Å². The fourth-order valence-corrected chi connectivity index (χ4v) is 4.96. The summed E-state index contributed by atoms with van der Waals surface area (Å²) in [6.45, 7) is 4.88. The molecule has 0 aliphatic carbocycles. The Bertz CT molecular complexity index is 1310. The van der Waals surface area contributed by atoms with E-state index in [1.54, 1.807) is 20.9 Å². The molecule has 34 heavy (non-hydrogen) atoms. The number of carbonyl (C=O) groups is 2. The van der Waals surface area contributed by atoms with Crippen LogP contribution in [0.3, 0.4) is 0 Å². The van der Waals surface area contributed by atoms with E-state index in [1.165, 1.54) is 5.56 Å². The van der Waals surface area contributed by atoms with Crippen LogP contribution in [-0.4, -0.2) is 32.0 Å². The van der Waals surface area contributed by atoms with Gasteiger partial charge in [-0.05, 0) is 42.5 Å². The van der Waals surface area contributed by atoms with Crippen molar-refractivity contribution in [2.24, 2.45) is 0 Å². The maximum absolute atomic E-state index is 13.7. The molecule has 0 unspecified atom stereocenters. The molecule has 2 aromatic heterocycles. The summed E-state index contributed by atoms with van der Waals surface area (Å²) < 4.78 is 1.68. The van der Waals surface area contributed by atoms with Gasteiger partial charge in [0, 0.05) is 13.1 Å². The highest BCUT2D eigenvalue weighted by Gasteiger charge is 2.48. The van der Waals surface area contributed by atoms with E-state index in [1.807, 2.05) is 92.0 Å². The molecule has 5 rings (SSSR count). The van der Waals surface area contributed by atoms with Crippen molar-refractivity contribution < 1.29 is 9.59 Å². The minimum atomic E-state index is -1.09. The zero-order chi connectivity index (χ0) is 23.7. The van der Waals surface area contributed by atoms with Gasteiger partial charge in [0.2, 0.25) is 5.91 Å². The molecule has 1 aliphatic rings. The number of rotatable bonds is 6. The Balaban J connectivity index is 1.47. The summed E-state index contributed by atoms with van der Waals surface area (Å²) >= 11 is 1.58. The lowest BCUT2D eigenvalue weighted by Gasteiger charge is -2.43. The Morgan fingerprint density at radius 1 is 1.06 bits per heavy atom. The molecular weight excluding hydrogens is 444 g/mol. The van der Waals surface area contributed by atoms with E-state index in [0.717, 1.165) is 21.7 Å². The van der Waals surface area contributed by atoms with Crippen LogP contribution in [0.5, 0.6) is 0 Å². The molecule has 2 amide bonds. The third kappa shape index (κ3) is 4.15. The van der Waals surface area contributed by atoms with E-state index in [-0.39, 0.29) is 18.4 Å². The number of fused-ring (bicyclic) bond motifs is 1. The van der Waals surface area contributed by atoms with Crippen LogP contribution >= 0.6 is 11.3 Å². The van der Waals surface area contributed by atoms with E-state index in [0.29, 0.717) is 18.8 Å². The largest absolute Gasteiger partial charge is 0.350 e. The first kappa shape index (κ1) is 22.1. The molecule has 0 spiro atoms. The van der Waals surface area contributed by atoms with Crippen molar-refractivity contribution in [3.05, 3.63) is 101 Å². The lowest BCUT2D eigenvalue weighted by atomic mass is 9.94. The number of nitrogens with zero attached hydrogens (tertiary/aromatic N) is 3. The molecule has 1 aliphatic heterocycles. The van der Waals surface area contributed by atoms with Crippen LogP contribution in [0.15, 0.2) is 78.2 Å². The second-order valence-corrected chi connectivity index (χ2v) is 9.82. The normalized spacial score (nSPS) is 17.5. The topological polar surface area (TPSA) is 67.2 Å². The van der Waals surface area contributed by atoms with Crippen LogP contribution < -0.4 is 5.32 Å². The number of benzene rings is 2. The van der Waals surface area contributed by atoms with Gasteiger partial charge in [0.15, 0.2) is 0 Å². The maximum atomic E-state index is 13.7. The molecule has 0 radical (unpaired) electrons. The second-order valence-electron chi connectivity index (χ2n) is 8.87. The van der Waals surface area contributed by atoms with Gasteiger partial charge in [0.1, 0.15) is 16.9 Å². The Kier molecular flexibility index (Phi) is 5.79. The molecule has 1 N–H and O–H groups in total. The molecule has 0 bridgehead atoms. The van der Waals surface area contributed by atoms with Crippen molar-refractivity contribution >= 4 is 23.2 Å². The van der Waals surface area contributed by atoms with Crippen molar-refractivity contribution in [2.45, 2.75) is 39.0 Å². The summed E-state index contributed by atoms with van der Waals surface area (Å²) in [4.78, 5) is 30.0. The Hall–Kier alpha value is -3.71. The van der Waals surface area contributed by atoms with Crippen molar-refractivity contribution in [2.75, 3.05) is 0 Å². The Morgan fingerprint density at radius 2 is 1.82 bits per heavy atom. The first-order valence-corrected chi connectivity index (χ1v) is 12.1. The SMILES string of the molecule is Cc1ccc(CNC(=O)[C@@]2(C)Cn3nc(-c4cccs4)cc3C(=O)N2Cc2ccccc2)cc1. The minimum Gasteiger partial charge on any atom is -0.350 e. The second kappa shape index (κ2) is 8.91. The number of aryl methyl sites for hydroxylation is 1. The number of nitrogens with one attached hydrogen (secondary N) is 1. The van der Waals surface area contributed by atoms with Crippen molar-refractivity contribution in [3.63, 3.8) is 0 Å². The highest BCUT2D eigenvalue weighted by molar-refractivity contribution is 7.13. The van der Waals surface area contributed by atoms with Gasteiger partial charge in [-0.2, -0.15) is 5.10 Å². The zero-order valence-corrected chi connectivity index (χ0v) is 20.0. The number of aromatic nitrogens is 2. The highest BCUT2D eigenvalue weighted by Crippen LogP contribution is 2.32. The number of amides is 2. The molecule has 0 saturated carbocycles. The van der Waals surface area contributed by atoms with Crippen molar-refractivity contribution in [3.8, 4) is 10.6 Å². The molecular formula is C27H26N4O2S. The van der Waals surface area contributed by atoms with Crippen LogP contribution in [-0.2, 0) is 24.4 Å². The quantitative estimate of drug-likeness (QED) is 0.446. The summed E-state index contributed by atoms with van der Waals surface area (Å²) in [6, 6.07) is 23.6.